The van der Waals surface area contributed by atoms with Crippen molar-refractivity contribution in [3.63, 3.8) is 0 Å². The molecule has 0 heterocycles. The molecule has 3 unspecified atom stereocenters. The molecule has 0 amide bonds. The molecular weight excluding hydrogens is 345 g/mol. The minimum Gasteiger partial charge on any atom is -0.317 e. The number of hydrogen-bond donors (Lipinski definition) is 1. The molecule has 2 heteroatoms. The van der Waals surface area contributed by atoms with E-state index in [4.69, 9.17) is 0 Å². The molecule has 19 heavy (non-hydrogen) atoms. The van der Waals surface area contributed by atoms with Crippen molar-refractivity contribution in [2.75, 3.05) is 7.05 Å². The van der Waals surface area contributed by atoms with Crippen LogP contribution in [0.25, 0.3) is 0 Å². The maximum absolute atomic E-state index is 3.55. The molecule has 1 saturated carbocycles. The Morgan fingerprint density at radius 2 is 1.95 bits per heavy atom. The quantitative estimate of drug-likeness (QED) is 0.744. The van der Waals surface area contributed by atoms with Crippen LogP contribution in [0, 0.1) is 15.4 Å². The highest BCUT2D eigenvalue weighted by Crippen LogP contribution is 2.34. The third-order valence-corrected chi connectivity index (χ3v) is 5.29. The maximum atomic E-state index is 3.55. The van der Waals surface area contributed by atoms with Gasteiger partial charge in [0.2, 0.25) is 0 Å². The minimum atomic E-state index is 0.715. The summed E-state index contributed by atoms with van der Waals surface area (Å²) in [7, 11) is 2.13. The van der Waals surface area contributed by atoms with Gasteiger partial charge in [-0.2, -0.15) is 0 Å². The normalized spacial score (nSPS) is 27.4. The highest BCUT2D eigenvalue weighted by Gasteiger charge is 2.29. The van der Waals surface area contributed by atoms with Crippen LogP contribution in [0.1, 0.15) is 44.6 Å². The second-order valence-electron chi connectivity index (χ2n) is 5.95. The lowest BCUT2D eigenvalue weighted by molar-refractivity contribution is 0.200. The van der Waals surface area contributed by atoms with Gasteiger partial charge in [0.15, 0.2) is 0 Å². The van der Waals surface area contributed by atoms with Gasteiger partial charge in [0.25, 0.3) is 0 Å². The third kappa shape index (κ3) is 4.45. The molecule has 1 nitrogen and oxygen atoms in total. The average Bonchev–Trinajstić information content (AvgIpc) is 2.42. The van der Waals surface area contributed by atoms with Crippen LogP contribution in [-0.2, 0) is 6.42 Å². The van der Waals surface area contributed by atoms with Crippen LogP contribution in [0.2, 0.25) is 0 Å². The molecular formula is C17H26IN. The van der Waals surface area contributed by atoms with Gasteiger partial charge >= 0.3 is 0 Å². The molecule has 0 spiro atoms. The van der Waals surface area contributed by atoms with Gasteiger partial charge in [-0.3, -0.25) is 0 Å². The summed E-state index contributed by atoms with van der Waals surface area (Å²) in [5, 5.41) is 3.55. The Bertz CT molecular complexity index is 373. The zero-order valence-electron chi connectivity index (χ0n) is 12.2. The SMILES string of the molecule is CCCC1CCC(NC)C(Cc2ccc(I)cc2)C1. The van der Waals surface area contributed by atoms with Gasteiger partial charge in [0.05, 0.1) is 0 Å². The van der Waals surface area contributed by atoms with Crippen molar-refractivity contribution in [3.8, 4) is 0 Å². The monoisotopic (exact) mass is 371 g/mol. The first-order chi connectivity index (χ1) is 9.22. The van der Waals surface area contributed by atoms with Gasteiger partial charge < -0.3 is 5.32 Å². The molecule has 1 aromatic rings. The Morgan fingerprint density at radius 3 is 2.58 bits per heavy atom. The summed E-state index contributed by atoms with van der Waals surface area (Å²) < 4.78 is 1.33. The fourth-order valence-corrected chi connectivity index (χ4v) is 3.92. The lowest BCUT2D eigenvalue weighted by Crippen LogP contribution is -2.39. The third-order valence-electron chi connectivity index (χ3n) is 4.57. The molecule has 1 aromatic carbocycles. The highest BCUT2D eigenvalue weighted by molar-refractivity contribution is 14.1. The van der Waals surface area contributed by atoms with Crippen molar-refractivity contribution in [2.45, 2.75) is 51.5 Å². The lowest BCUT2D eigenvalue weighted by Gasteiger charge is -2.36. The molecule has 1 aliphatic rings. The molecule has 106 valence electrons. The Kier molecular flexibility index (Phi) is 6.14. The summed E-state index contributed by atoms with van der Waals surface area (Å²) in [4.78, 5) is 0. The van der Waals surface area contributed by atoms with Gasteiger partial charge in [-0.1, -0.05) is 31.9 Å². The minimum absolute atomic E-state index is 0.715. The molecule has 1 fully saturated rings. The summed E-state index contributed by atoms with van der Waals surface area (Å²) >= 11 is 2.38. The fourth-order valence-electron chi connectivity index (χ4n) is 3.56. The summed E-state index contributed by atoms with van der Waals surface area (Å²) in [5.41, 5.74) is 1.50. The van der Waals surface area contributed by atoms with E-state index in [1.54, 1.807) is 0 Å². The van der Waals surface area contributed by atoms with E-state index in [0.717, 1.165) is 11.8 Å². The van der Waals surface area contributed by atoms with Crippen LogP contribution in [0.5, 0.6) is 0 Å². The topological polar surface area (TPSA) is 12.0 Å². The van der Waals surface area contributed by atoms with E-state index in [1.807, 2.05) is 0 Å². The molecule has 0 bridgehead atoms. The molecule has 1 N–H and O–H groups in total. The standard InChI is InChI=1S/C17H26IN/c1-3-4-13-7-10-17(19-2)15(11-13)12-14-5-8-16(18)9-6-14/h5-6,8-9,13,15,17,19H,3-4,7,10-12H2,1-2H3. The van der Waals surface area contributed by atoms with Crippen molar-refractivity contribution in [3.05, 3.63) is 33.4 Å². The second-order valence-corrected chi connectivity index (χ2v) is 7.20. The van der Waals surface area contributed by atoms with Crippen LogP contribution >= 0.6 is 22.6 Å². The Balaban J connectivity index is 1.99. The first-order valence-electron chi connectivity index (χ1n) is 7.64. The van der Waals surface area contributed by atoms with Crippen molar-refractivity contribution >= 4 is 22.6 Å². The van der Waals surface area contributed by atoms with E-state index < -0.39 is 0 Å². The van der Waals surface area contributed by atoms with Crippen LogP contribution in [-0.4, -0.2) is 13.1 Å². The summed E-state index contributed by atoms with van der Waals surface area (Å²) in [6, 6.07) is 9.79. The van der Waals surface area contributed by atoms with E-state index in [1.165, 1.54) is 47.7 Å². The highest BCUT2D eigenvalue weighted by atomic mass is 127. The fraction of sp³-hybridized carbons (Fsp3) is 0.647. The number of benzene rings is 1. The smallest absolute Gasteiger partial charge is 0.0130 e. The van der Waals surface area contributed by atoms with Gasteiger partial charge in [-0.25, -0.2) is 0 Å². The van der Waals surface area contributed by atoms with Crippen molar-refractivity contribution in [2.24, 2.45) is 11.8 Å². The predicted octanol–water partition coefficient (Wildman–Crippen LogP) is 4.64. The summed E-state index contributed by atoms with van der Waals surface area (Å²) in [5.74, 6) is 1.78. The first kappa shape index (κ1) is 15.3. The van der Waals surface area contributed by atoms with Crippen LogP contribution in [0.3, 0.4) is 0 Å². The van der Waals surface area contributed by atoms with Crippen LogP contribution in [0.4, 0.5) is 0 Å². The number of hydrogen-bond acceptors (Lipinski definition) is 1. The Labute approximate surface area is 131 Å². The van der Waals surface area contributed by atoms with Crippen LogP contribution in [0.15, 0.2) is 24.3 Å². The van der Waals surface area contributed by atoms with Crippen molar-refractivity contribution in [1.29, 1.82) is 0 Å². The van der Waals surface area contributed by atoms with Crippen LogP contribution < -0.4 is 5.32 Å². The van der Waals surface area contributed by atoms with Crippen molar-refractivity contribution < 1.29 is 0 Å². The Morgan fingerprint density at radius 1 is 1.21 bits per heavy atom. The molecule has 0 aromatic heterocycles. The lowest BCUT2D eigenvalue weighted by atomic mass is 9.74. The van der Waals surface area contributed by atoms with E-state index in [2.05, 4.69) is 66.1 Å². The van der Waals surface area contributed by atoms with Gasteiger partial charge in [0, 0.05) is 9.61 Å². The first-order valence-corrected chi connectivity index (χ1v) is 8.72. The summed E-state index contributed by atoms with van der Waals surface area (Å²) in [6.45, 7) is 2.32. The predicted molar refractivity (Wildman–Crippen MR) is 91.4 cm³/mol. The molecule has 2 rings (SSSR count). The van der Waals surface area contributed by atoms with Gasteiger partial charge in [-0.05, 0) is 84.9 Å². The summed E-state index contributed by atoms with van der Waals surface area (Å²) in [6.07, 6.45) is 8.18. The number of rotatable bonds is 5. The molecule has 3 atom stereocenters. The van der Waals surface area contributed by atoms with Gasteiger partial charge in [-0.15, -0.1) is 0 Å². The molecule has 0 saturated heterocycles. The number of nitrogens with one attached hydrogen (secondary N) is 1. The van der Waals surface area contributed by atoms with Gasteiger partial charge in [0.1, 0.15) is 0 Å². The number of halogens is 1. The molecule has 1 aliphatic carbocycles. The largest absolute Gasteiger partial charge is 0.317 e. The Hall–Kier alpha value is -0.0900. The van der Waals surface area contributed by atoms with E-state index in [0.29, 0.717) is 6.04 Å². The average molecular weight is 371 g/mol. The van der Waals surface area contributed by atoms with E-state index in [9.17, 15) is 0 Å². The zero-order valence-corrected chi connectivity index (χ0v) is 14.3. The van der Waals surface area contributed by atoms with Crippen molar-refractivity contribution in [1.82, 2.24) is 5.32 Å². The van der Waals surface area contributed by atoms with E-state index in [-0.39, 0.29) is 0 Å². The maximum Gasteiger partial charge on any atom is 0.0130 e. The van der Waals surface area contributed by atoms with E-state index >= 15 is 0 Å². The second kappa shape index (κ2) is 7.63. The molecule has 0 radical (unpaired) electrons. The zero-order chi connectivity index (χ0) is 13.7. The molecule has 0 aliphatic heterocycles.